The number of carbonyl (C=O) groups is 1. The molecule has 1 saturated heterocycles. The van der Waals surface area contributed by atoms with Crippen molar-refractivity contribution < 1.29 is 9.53 Å². The fraction of sp³-hybridized carbons (Fsp3) is 0.889. The molecular formula is C9H15NO2. The maximum absolute atomic E-state index is 10.8. The van der Waals surface area contributed by atoms with Gasteiger partial charge < -0.3 is 10.1 Å². The predicted octanol–water partition coefficient (Wildman–Crippen LogP) is 1.68. The van der Waals surface area contributed by atoms with Crippen molar-refractivity contribution in [2.24, 2.45) is 5.92 Å². The van der Waals surface area contributed by atoms with Crippen LogP contribution in [-0.4, -0.2) is 18.2 Å². The first kappa shape index (κ1) is 7.90. The average molecular weight is 169 g/mol. The molecule has 2 rings (SSSR count). The third-order valence-electron chi connectivity index (χ3n) is 2.89. The number of rotatable bonds is 2. The van der Waals surface area contributed by atoms with Crippen LogP contribution in [0.15, 0.2) is 0 Å². The minimum atomic E-state index is -0.253. The summed E-state index contributed by atoms with van der Waals surface area (Å²) >= 11 is 0. The third kappa shape index (κ3) is 1.40. The van der Waals surface area contributed by atoms with E-state index < -0.39 is 0 Å². The van der Waals surface area contributed by atoms with Crippen LogP contribution in [0.1, 0.15) is 32.6 Å². The van der Waals surface area contributed by atoms with Gasteiger partial charge in [-0.1, -0.05) is 19.3 Å². The van der Waals surface area contributed by atoms with Crippen molar-refractivity contribution in [1.82, 2.24) is 5.32 Å². The van der Waals surface area contributed by atoms with E-state index in [1.807, 2.05) is 0 Å². The van der Waals surface area contributed by atoms with Crippen LogP contribution in [0, 0.1) is 5.92 Å². The van der Waals surface area contributed by atoms with Gasteiger partial charge in [0.15, 0.2) is 0 Å². The van der Waals surface area contributed by atoms with E-state index in [9.17, 15) is 4.79 Å². The van der Waals surface area contributed by atoms with E-state index in [-0.39, 0.29) is 11.6 Å². The molecule has 1 unspecified atom stereocenters. The second kappa shape index (κ2) is 2.64. The van der Waals surface area contributed by atoms with Gasteiger partial charge in [-0.25, -0.2) is 4.79 Å². The Kier molecular flexibility index (Phi) is 1.74. The van der Waals surface area contributed by atoms with Crippen molar-refractivity contribution in [3.8, 4) is 0 Å². The van der Waals surface area contributed by atoms with Crippen molar-refractivity contribution >= 4 is 6.09 Å². The molecule has 2 aliphatic rings. The molecule has 1 aliphatic carbocycles. The van der Waals surface area contributed by atoms with Crippen molar-refractivity contribution in [3.63, 3.8) is 0 Å². The van der Waals surface area contributed by atoms with E-state index in [1.54, 1.807) is 0 Å². The maximum Gasteiger partial charge on any atom is 0.407 e. The standard InChI is InChI=1S/C9H15NO2/c1-9(5-7-3-2-4-7)6-12-8(11)10-9/h7H,2-6H2,1H3,(H,10,11). The minimum absolute atomic E-state index is 0.0812. The van der Waals surface area contributed by atoms with Gasteiger partial charge in [0, 0.05) is 0 Å². The summed E-state index contributed by atoms with van der Waals surface area (Å²) < 4.78 is 4.89. The van der Waals surface area contributed by atoms with Gasteiger partial charge in [-0.05, 0) is 19.3 Å². The second-order valence-corrected chi connectivity index (χ2v) is 4.26. The Labute approximate surface area is 72.5 Å². The largest absolute Gasteiger partial charge is 0.447 e. The molecule has 0 spiro atoms. The van der Waals surface area contributed by atoms with E-state index in [1.165, 1.54) is 19.3 Å². The summed E-state index contributed by atoms with van der Waals surface area (Å²) in [7, 11) is 0. The van der Waals surface area contributed by atoms with Crippen LogP contribution >= 0.6 is 0 Å². The van der Waals surface area contributed by atoms with E-state index >= 15 is 0 Å². The molecule has 0 aromatic rings. The number of ether oxygens (including phenoxy) is 1. The first-order valence-electron chi connectivity index (χ1n) is 4.63. The number of hydrogen-bond acceptors (Lipinski definition) is 2. The van der Waals surface area contributed by atoms with E-state index in [0.29, 0.717) is 6.61 Å². The third-order valence-corrected chi connectivity index (χ3v) is 2.89. The van der Waals surface area contributed by atoms with Gasteiger partial charge in [0.25, 0.3) is 0 Å². The van der Waals surface area contributed by atoms with Crippen LogP contribution in [0.4, 0.5) is 4.79 Å². The number of alkyl carbamates (subject to hydrolysis) is 1. The average Bonchev–Trinajstić information content (AvgIpc) is 2.24. The molecule has 0 radical (unpaired) electrons. The fourth-order valence-corrected chi connectivity index (χ4v) is 1.99. The molecule has 1 aliphatic heterocycles. The number of cyclic esters (lactones) is 1. The summed E-state index contributed by atoms with van der Waals surface area (Å²) in [5, 5.41) is 2.87. The number of hydrogen-bond donors (Lipinski definition) is 1. The molecule has 1 saturated carbocycles. The van der Waals surface area contributed by atoms with Crippen LogP contribution in [0.25, 0.3) is 0 Å². The number of nitrogens with one attached hydrogen (secondary N) is 1. The molecule has 68 valence electrons. The monoisotopic (exact) mass is 169 g/mol. The zero-order chi connectivity index (χ0) is 8.60. The SMILES string of the molecule is CC1(CC2CCC2)COC(=O)N1. The Morgan fingerprint density at radius 3 is 2.83 bits per heavy atom. The Morgan fingerprint density at radius 2 is 2.42 bits per heavy atom. The molecule has 3 heteroatoms. The Hall–Kier alpha value is -0.730. The zero-order valence-electron chi connectivity index (χ0n) is 7.43. The molecule has 0 bridgehead atoms. The topological polar surface area (TPSA) is 38.3 Å². The molecule has 2 fully saturated rings. The van der Waals surface area contributed by atoms with E-state index in [4.69, 9.17) is 4.74 Å². The van der Waals surface area contributed by atoms with Crippen molar-refractivity contribution in [2.45, 2.75) is 38.1 Å². The summed E-state index contributed by atoms with van der Waals surface area (Å²) in [4.78, 5) is 10.8. The highest BCUT2D eigenvalue weighted by Crippen LogP contribution is 2.34. The molecule has 1 N–H and O–H groups in total. The highest BCUT2D eigenvalue weighted by atomic mass is 16.6. The van der Waals surface area contributed by atoms with Crippen LogP contribution in [0.5, 0.6) is 0 Å². The van der Waals surface area contributed by atoms with Gasteiger partial charge in [-0.15, -0.1) is 0 Å². The molecule has 1 heterocycles. The van der Waals surface area contributed by atoms with Gasteiger partial charge in [-0.2, -0.15) is 0 Å². The fourth-order valence-electron chi connectivity index (χ4n) is 1.99. The van der Waals surface area contributed by atoms with E-state index in [0.717, 1.165) is 12.3 Å². The summed E-state index contributed by atoms with van der Waals surface area (Å²) in [6, 6.07) is 0. The quantitative estimate of drug-likeness (QED) is 0.683. The highest BCUT2D eigenvalue weighted by molar-refractivity contribution is 5.70. The van der Waals surface area contributed by atoms with Gasteiger partial charge in [0.1, 0.15) is 6.61 Å². The molecule has 0 aromatic heterocycles. The number of amides is 1. The van der Waals surface area contributed by atoms with Crippen molar-refractivity contribution in [3.05, 3.63) is 0 Å². The minimum Gasteiger partial charge on any atom is -0.447 e. The van der Waals surface area contributed by atoms with Crippen molar-refractivity contribution in [1.29, 1.82) is 0 Å². The smallest absolute Gasteiger partial charge is 0.407 e. The first-order chi connectivity index (χ1) is 5.68. The van der Waals surface area contributed by atoms with Gasteiger partial charge >= 0.3 is 6.09 Å². The molecule has 3 nitrogen and oxygen atoms in total. The summed E-state index contributed by atoms with van der Waals surface area (Å²) in [5.74, 6) is 0.817. The second-order valence-electron chi connectivity index (χ2n) is 4.26. The van der Waals surface area contributed by atoms with Crippen LogP contribution in [0.3, 0.4) is 0 Å². The molecule has 0 aromatic carbocycles. The summed E-state index contributed by atoms with van der Waals surface area (Å²) in [5.41, 5.74) is -0.0812. The molecule has 12 heavy (non-hydrogen) atoms. The lowest BCUT2D eigenvalue weighted by Crippen LogP contribution is -2.42. The number of carbonyl (C=O) groups excluding carboxylic acids is 1. The summed E-state index contributed by atoms with van der Waals surface area (Å²) in [6.07, 6.45) is 4.84. The molecule has 1 amide bonds. The lowest BCUT2D eigenvalue weighted by atomic mass is 9.77. The van der Waals surface area contributed by atoms with Gasteiger partial charge in [0.05, 0.1) is 5.54 Å². The lowest BCUT2D eigenvalue weighted by Gasteiger charge is -2.32. The Bertz CT molecular complexity index is 201. The maximum atomic E-state index is 10.8. The summed E-state index contributed by atoms with van der Waals surface area (Å²) in [6.45, 7) is 2.61. The van der Waals surface area contributed by atoms with Gasteiger partial charge in [0.2, 0.25) is 0 Å². The predicted molar refractivity (Wildman–Crippen MR) is 44.8 cm³/mol. The molecular weight excluding hydrogens is 154 g/mol. The van der Waals surface area contributed by atoms with Crippen molar-refractivity contribution in [2.75, 3.05) is 6.61 Å². The Morgan fingerprint density at radius 1 is 1.67 bits per heavy atom. The zero-order valence-corrected chi connectivity index (χ0v) is 7.43. The first-order valence-corrected chi connectivity index (χ1v) is 4.63. The molecule has 1 atom stereocenters. The highest BCUT2D eigenvalue weighted by Gasteiger charge is 2.38. The lowest BCUT2D eigenvalue weighted by molar-refractivity contribution is 0.164. The van der Waals surface area contributed by atoms with Gasteiger partial charge in [-0.3, -0.25) is 0 Å². The Balaban J connectivity index is 1.88. The van der Waals surface area contributed by atoms with E-state index in [2.05, 4.69) is 12.2 Å². The normalized spacial score (nSPS) is 35.6. The van der Waals surface area contributed by atoms with Crippen LogP contribution < -0.4 is 5.32 Å². The van der Waals surface area contributed by atoms with Crippen LogP contribution in [-0.2, 0) is 4.74 Å². The van der Waals surface area contributed by atoms with Crippen LogP contribution in [0.2, 0.25) is 0 Å².